The second-order valence-corrected chi connectivity index (χ2v) is 4.13. The predicted octanol–water partition coefficient (Wildman–Crippen LogP) is 0.326. The van der Waals surface area contributed by atoms with E-state index in [0.717, 1.165) is 16.9 Å². The lowest BCUT2D eigenvalue weighted by Crippen LogP contribution is -2.32. The predicted molar refractivity (Wildman–Crippen MR) is 66.0 cm³/mol. The Hall–Kier alpha value is -1.17. The van der Waals surface area contributed by atoms with Crippen molar-refractivity contribution in [1.82, 2.24) is 4.98 Å². The number of aliphatic hydroxyl groups is 2. The Morgan fingerprint density at radius 3 is 2.76 bits per heavy atom. The molecule has 0 saturated heterocycles. The Balaban J connectivity index is 2.71. The number of pyridine rings is 1. The summed E-state index contributed by atoms with van der Waals surface area (Å²) in [5, 5.41) is 18.6. The minimum atomic E-state index is -0.538. The second kappa shape index (κ2) is 6.54. The largest absolute Gasteiger partial charge is 0.392 e. The van der Waals surface area contributed by atoms with E-state index < -0.39 is 6.10 Å². The first-order valence-electron chi connectivity index (χ1n) is 5.53. The summed E-state index contributed by atoms with van der Waals surface area (Å²) in [4.78, 5) is 6.15. The molecule has 5 nitrogen and oxygen atoms in total. The van der Waals surface area contributed by atoms with Crippen molar-refractivity contribution < 1.29 is 14.9 Å². The van der Waals surface area contributed by atoms with Gasteiger partial charge in [0, 0.05) is 26.9 Å². The topological polar surface area (TPSA) is 65.8 Å². The van der Waals surface area contributed by atoms with E-state index >= 15 is 0 Å². The Morgan fingerprint density at radius 1 is 1.53 bits per heavy atom. The van der Waals surface area contributed by atoms with E-state index in [1.807, 2.05) is 24.9 Å². The fraction of sp³-hybridized carbons (Fsp3) is 0.583. The van der Waals surface area contributed by atoms with Crippen molar-refractivity contribution in [2.45, 2.75) is 19.6 Å². The molecule has 0 aliphatic heterocycles. The standard InChI is InChI=1S/C12H20N2O3/c1-9-4-10(7-15)5-13-12(9)14(2)6-11(16)8-17-3/h4-5,11,15-16H,6-8H2,1-3H3. The number of aryl methyl sites for hydroxylation is 1. The first kappa shape index (κ1) is 13.9. The van der Waals surface area contributed by atoms with Gasteiger partial charge in [-0.05, 0) is 24.1 Å². The van der Waals surface area contributed by atoms with Crippen LogP contribution in [0.25, 0.3) is 0 Å². The molecule has 1 rings (SSSR count). The number of ether oxygens (including phenoxy) is 1. The second-order valence-electron chi connectivity index (χ2n) is 4.13. The maximum absolute atomic E-state index is 9.64. The van der Waals surface area contributed by atoms with Gasteiger partial charge in [-0.2, -0.15) is 0 Å². The molecule has 0 saturated carbocycles. The van der Waals surface area contributed by atoms with Crippen LogP contribution in [0.15, 0.2) is 12.3 Å². The fourth-order valence-corrected chi connectivity index (χ4v) is 1.76. The number of rotatable bonds is 6. The third-order valence-electron chi connectivity index (χ3n) is 2.50. The summed E-state index contributed by atoms with van der Waals surface area (Å²) in [6.45, 7) is 2.68. The van der Waals surface area contributed by atoms with Crippen LogP contribution in [0.5, 0.6) is 0 Å². The van der Waals surface area contributed by atoms with Crippen molar-refractivity contribution in [3.05, 3.63) is 23.4 Å². The van der Waals surface area contributed by atoms with E-state index in [0.29, 0.717) is 13.2 Å². The van der Waals surface area contributed by atoms with Crippen molar-refractivity contribution in [1.29, 1.82) is 0 Å². The molecule has 0 radical (unpaired) electrons. The molecule has 5 heteroatoms. The molecular weight excluding hydrogens is 220 g/mol. The summed E-state index contributed by atoms with van der Waals surface area (Å²) in [6.07, 6.45) is 1.10. The number of aromatic nitrogens is 1. The van der Waals surface area contributed by atoms with E-state index in [4.69, 9.17) is 9.84 Å². The molecule has 0 aliphatic carbocycles. The molecule has 1 aromatic rings. The van der Waals surface area contributed by atoms with E-state index in [2.05, 4.69) is 4.98 Å². The number of methoxy groups -OCH3 is 1. The highest BCUT2D eigenvalue weighted by Crippen LogP contribution is 2.16. The summed E-state index contributed by atoms with van der Waals surface area (Å²) >= 11 is 0. The van der Waals surface area contributed by atoms with Crippen LogP contribution in [0.4, 0.5) is 5.82 Å². The first-order valence-corrected chi connectivity index (χ1v) is 5.53. The average molecular weight is 240 g/mol. The number of aliphatic hydroxyl groups excluding tert-OH is 2. The average Bonchev–Trinajstić information content (AvgIpc) is 2.28. The number of hydrogen-bond acceptors (Lipinski definition) is 5. The summed E-state index contributed by atoms with van der Waals surface area (Å²) in [5.74, 6) is 0.803. The van der Waals surface area contributed by atoms with Gasteiger partial charge in [0.25, 0.3) is 0 Å². The Bertz CT molecular complexity index is 358. The van der Waals surface area contributed by atoms with Crippen molar-refractivity contribution in [2.24, 2.45) is 0 Å². The van der Waals surface area contributed by atoms with Gasteiger partial charge in [0.1, 0.15) is 5.82 Å². The van der Waals surface area contributed by atoms with Gasteiger partial charge >= 0.3 is 0 Å². The van der Waals surface area contributed by atoms with Crippen LogP contribution in [0.1, 0.15) is 11.1 Å². The zero-order valence-corrected chi connectivity index (χ0v) is 10.6. The fourth-order valence-electron chi connectivity index (χ4n) is 1.76. The normalized spacial score (nSPS) is 12.5. The highest BCUT2D eigenvalue weighted by atomic mass is 16.5. The molecule has 2 N–H and O–H groups in total. The summed E-state index contributed by atoms with van der Waals surface area (Å²) in [5.41, 5.74) is 1.76. The summed E-state index contributed by atoms with van der Waals surface area (Å²) in [6, 6.07) is 1.89. The lowest BCUT2D eigenvalue weighted by atomic mass is 10.2. The van der Waals surface area contributed by atoms with Crippen molar-refractivity contribution in [2.75, 3.05) is 32.2 Å². The van der Waals surface area contributed by atoms with Crippen molar-refractivity contribution in [3.63, 3.8) is 0 Å². The van der Waals surface area contributed by atoms with E-state index in [9.17, 15) is 5.11 Å². The monoisotopic (exact) mass is 240 g/mol. The molecule has 17 heavy (non-hydrogen) atoms. The molecule has 0 bridgehead atoms. The number of likely N-dealkylation sites (N-methyl/N-ethyl adjacent to an activating group) is 1. The van der Waals surface area contributed by atoms with Gasteiger partial charge < -0.3 is 19.8 Å². The molecule has 0 fully saturated rings. The Labute approximate surface area is 102 Å². The Kier molecular flexibility index (Phi) is 5.34. The molecule has 1 aromatic heterocycles. The molecular formula is C12H20N2O3. The molecule has 0 aliphatic rings. The molecule has 96 valence electrons. The van der Waals surface area contributed by atoms with Crippen LogP contribution in [-0.2, 0) is 11.3 Å². The van der Waals surface area contributed by atoms with Crippen LogP contribution in [0, 0.1) is 6.92 Å². The minimum absolute atomic E-state index is 0.00979. The van der Waals surface area contributed by atoms with Gasteiger partial charge in [-0.25, -0.2) is 4.98 Å². The maximum Gasteiger partial charge on any atom is 0.131 e. The number of hydrogen-bond donors (Lipinski definition) is 2. The molecule has 0 amide bonds. The van der Waals surface area contributed by atoms with Gasteiger partial charge in [0.05, 0.1) is 19.3 Å². The van der Waals surface area contributed by atoms with Crippen LogP contribution in [0.3, 0.4) is 0 Å². The van der Waals surface area contributed by atoms with Gasteiger partial charge in [0.15, 0.2) is 0 Å². The van der Waals surface area contributed by atoms with Crippen LogP contribution in [-0.4, -0.2) is 48.6 Å². The number of nitrogens with zero attached hydrogens (tertiary/aromatic N) is 2. The molecule has 1 unspecified atom stereocenters. The van der Waals surface area contributed by atoms with E-state index in [1.165, 1.54) is 0 Å². The maximum atomic E-state index is 9.64. The lowest BCUT2D eigenvalue weighted by Gasteiger charge is -2.23. The summed E-state index contributed by atoms with van der Waals surface area (Å²) in [7, 11) is 3.43. The van der Waals surface area contributed by atoms with Crippen molar-refractivity contribution >= 4 is 5.82 Å². The zero-order chi connectivity index (χ0) is 12.8. The third kappa shape index (κ3) is 3.96. The third-order valence-corrected chi connectivity index (χ3v) is 2.50. The molecule has 0 spiro atoms. The Morgan fingerprint density at radius 2 is 2.24 bits per heavy atom. The minimum Gasteiger partial charge on any atom is -0.392 e. The summed E-state index contributed by atoms with van der Waals surface area (Å²) < 4.78 is 4.88. The highest BCUT2D eigenvalue weighted by molar-refractivity contribution is 5.46. The molecule has 0 aromatic carbocycles. The van der Waals surface area contributed by atoms with Gasteiger partial charge in [-0.1, -0.05) is 0 Å². The first-order chi connectivity index (χ1) is 8.08. The van der Waals surface area contributed by atoms with Crippen LogP contribution in [0.2, 0.25) is 0 Å². The number of anilines is 1. The smallest absolute Gasteiger partial charge is 0.131 e. The molecule has 1 heterocycles. The lowest BCUT2D eigenvalue weighted by molar-refractivity contribution is 0.0694. The zero-order valence-electron chi connectivity index (χ0n) is 10.6. The van der Waals surface area contributed by atoms with Crippen molar-refractivity contribution in [3.8, 4) is 0 Å². The van der Waals surface area contributed by atoms with Crippen LogP contribution < -0.4 is 4.90 Å². The van der Waals surface area contributed by atoms with E-state index in [-0.39, 0.29) is 6.61 Å². The van der Waals surface area contributed by atoms with Gasteiger partial charge in [-0.15, -0.1) is 0 Å². The highest BCUT2D eigenvalue weighted by Gasteiger charge is 2.11. The van der Waals surface area contributed by atoms with E-state index in [1.54, 1.807) is 13.3 Å². The van der Waals surface area contributed by atoms with Gasteiger partial charge in [-0.3, -0.25) is 0 Å². The van der Waals surface area contributed by atoms with Gasteiger partial charge in [0.2, 0.25) is 0 Å². The van der Waals surface area contributed by atoms with Crippen LogP contribution >= 0.6 is 0 Å². The SMILES string of the molecule is COCC(O)CN(C)c1ncc(CO)cc1C. The molecule has 1 atom stereocenters. The quantitative estimate of drug-likeness (QED) is 0.750.